The van der Waals surface area contributed by atoms with Crippen molar-refractivity contribution in [1.29, 1.82) is 0 Å². The molecule has 0 radical (unpaired) electrons. The maximum Gasteiger partial charge on any atom is 0.315 e. The molecule has 1 heterocycles. The average Bonchev–Trinajstić information content (AvgIpc) is 3.68. The number of urea groups is 1. The first kappa shape index (κ1) is 32.6. The number of hydrogen-bond acceptors (Lipinski definition) is 6. The van der Waals surface area contributed by atoms with Gasteiger partial charge in [-0.25, -0.2) is 4.79 Å². The molecular weight excluding hydrogens is 554 g/mol. The number of nitrogens with zero attached hydrogens (tertiary/aromatic N) is 1. The first-order chi connectivity index (χ1) is 20.0. The van der Waals surface area contributed by atoms with Crippen LogP contribution in [0.15, 0.2) is 0 Å². The fourth-order valence-corrected chi connectivity index (χ4v) is 8.46. The van der Waals surface area contributed by atoms with E-state index in [2.05, 4.69) is 22.9 Å². The summed E-state index contributed by atoms with van der Waals surface area (Å²) >= 11 is 1.26. The van der Waals surface area contributed by atoms with Gasteiger partial charge in [-0.05, 0) is 69.1 Å². The van der Waals surface area contributed by atoms with Crippen molar-refractivity contribution in [2.45, 2.75) is 139 Å². The molecule has 0 aromatic heterocycles. The van der Waals surface area contributed by atoms with Crippen LogP contribution < -0.4 is 21.7 Å². The molecule has 11 heteroatoms. The Bertz CT molecular complexity index is 1010. The molecule has 0 bridgehead atoms. The van der Waals surface area contributed by atoms with Gasteiger partial charge in [-0.2, -0.15) is 0 Å². The van der Waals surface area contributed by atoms with Crippen LogP contribution in [0.5, 0.6) is 0 Å². The maximum atomic E-state index is 14.4. The quantitative estimate of drug-likeness (QED) is 0.197. The molecule has 4 fully saturated rings. The van der Waals surface area contributed by atoms with Gasteiger partial charge in [0.15, 0.2) is 0 Å². The molecule has 10 nitrogen and oxygen atoms in total. The molecular formula is C31H51N5O5S. The summed E-state index contributed by atoms with van der Waals surface area (Å²) in [6, 6.07) is -1.83. The van der Waals surface area contributed by atoms with Crippen LogP contribution in [0.4, 0.5) is 4.79 Å². The zero-order valence-corrected chi connectivity index (χ0v) is 26.4. The van der Waals surface area contributed by atoms with E-state index in [1.165, 1.54) is 18.2 Å². The first-order valence-electron chi connectivity index (χ1n) is 16.2. The Morgan fingerprint density at radius 2 is 1.55 bits per heavy atom. The molecule has 1 aliphatic heterocycles. The number of ketones is 1. The van der Waals surface area contributed by atoms with E-state index in [1.807, 2.05) is 13.8 Å². The summed E-state index contributed by atoms with van der Waals surface area (Å²) in [5, 5.41) is 8.26. The largest absolute Gasteiger partial charge is 0.363 e. The van der Waals surface area contributed by atoms with Gasteiger partial charge in [0.2, 0.25) is 11.8 Å². The molecule has 3 saturated carbocycles. The lowest BCUT2D eigenvalue weighted by atomic mass is 9.80. The number of nitrogens with one attached hydrogen (secondary N) is 3. The van der Waals surface area contributed by atoms with Crippen LogP contribution in [-0.4, -0.2) is 69.2 Å². The van der Waals surface area contributed by atoms with E-state index in [4.69, 9.17) is 5.73 Å². The highest BCUT2D eigenvalue weighted by molar-refractivity contribution is 8.01. The van der Waals surface area contributed by atoms with Gasteiger partial charge in [-0.15, -0.1) is 11.8 Å². The molecule has 4 rings (SSSR count). The Kier molecular flexibility index (Phi) is 11.2. The molecule has 0 aromatic rings. The Hall–Kier alpha value is -2.30. The number of nitrogens with two attached hydrogens (primary N) is 1. The number of likely N-dealkylation sites (tertiary alicyclic amines) is 1. The molecule has 0 spiro atoms. The highest BCUT2D eigenvalue weighted by Crippen LogP contribution is 2.38. The predicted octanol–water partition coefficient (Wildman–Crippen LogP) is 3.61. The molecule has 4 unspecified atom stereocenters. The molecule has 5 N–H and O–H groups in total. The second-order valence-electron chi connectivity index (χ2n) is 13.3. The topological polar surface area (TPSA) is 151 Å². The van der Waals surface area contributed by atoms with Gasteiger partial charge in [0.25, 0.3) is 11.7 Å². The second-order valence-corrected chi connectivity index (χ2v) is 14.7. The van der Waals surface area contributed by atoms with Crippen molar-refractivity contribution in [2.75, 3.05) is 6.54 Å². The van der Waals surface area contributed by atoms with Crippen molar-refractivity contribution in [3.8, 4) is 0 Å². The number of carbonyl (C=O) groups excluding carboxylic acids is 5. The number of amides is 5. The molecule has 4 atom stereocenters. The summed E-state index contributed by atoms with van der Waals surface area (Å²) < 4.78 is 0. The molecule has 1 saturated heterocycles. The zero-order chi connectivity index (χ0) is 30.4. The zero-order valence-electron chi connectivity index (χ0n) is 25.6. The van der Waals surface area contributed by atoms with E-state index >= 15 is 0 Å². The monoisotopic (exact) mass is 605 g/mol. The fourth-order valence-electron chi connectivity index (χ4n) is 7.24. The number of rotatable bonds is 12. The Morgan fingerprint density at radius 1 is 0.905 bits per heavy atom. The molecule has 5 amide bonds. The maximum absolute atomic E-state index is 14.4. The third-order valence-electron chi connectivity index (χ3n) is 10.00. The van der Waals surface area contributed by atoms with Crippen molar-refractivity contribution in [3.63, 3.8) is 0 Å². The van der Waals surface area contributed by atoms with Crippen molar-refractivity contribution in [3.05, 3.63) is 0 Å². The summed E-state index contributed by atoms with van der Waals surface area (Å²) in [7, 11) is 0. The number of thioether (sulfide) groups is 1. The minimum atomic E-state index is -1.08. The molecule has 4 aliphatic rings. The number of hydrogen-bond donors (Lipinski definition) is 4. The van der Waals surface area contributed by atoms with Gasteiger partial charge >= 0.3 is 6.03 Å². The second kappa shape index (κ2) is 14.4. The normalized spacial score (nSPS) is 25.9. The number of carbonyl (C=O) groups is 5. The minimum Gasteiger partial charge on any atom is -0.363 e. The molecule has 0 aromatic carbocycles. The lowest BCUT2D eigenvalue weighted by molar-refractivity contribution is -0.143. The highest BCUT2D eigenvalue weighted by Gasteiger charge is 2.47. The smallest absolute Gasteiger partial charge is 0.315 e. The van der Waals surface area contributed by atoms with Gasteiger partial charge in [-0.3, -0.25) is 19.2 Å². The van der Waals surface area contributed by atoms with Crippen LogP contribution >= 0.6 is 11.8 Å². The van der Waals surface area contributed by atoms with Crippen LogP contribution in [-0.2, 0) is 19.2 Å². The minimum absolute atomic E-state index is 0.00245. The number of Topliss-reactive ketones (excluding diaryl/α,β-unsaturated/α-hetero) is 1. The first-order valence-corrected chi connectivity index (χ1v) is 17.2. The van der Waals surface area contributed by atoms with Gasteiger partial charge < -0.3 is 26.6 Å². The molecule has 236 valence electrons. The van der Waals surface area contributed by atoms with Crippen LogP contribution in [0.3, 0.4) is 0 Å². The van der Waals surface area contributed by atoms with Crippen LogP contribution in [0.1, 0.15) is 111 Å². The molecule has 3 aliphatic carbocycles. The van der Waals surface area contributed by atoms with Gasteiger partial charge in [0.05, 0.1) is 0 Å². The van der Waals surface area contributed by atoms with E-state index in [0.717, 1.165) is 77.0 Å². The summed E-state index contributed by atoms with van der Waals surface area (Å²) in [6.07, 6.45) is 13.4. The third kappa shape index (κ3) is 7.99. The summed E-state index contributed by atoms with van der Waals surface area (Å²) in [6.45, 7) is 6.56. The Labute approximate surface area is 254 Å². The standard InChI is InChI=1S/C31H51N5O5S/c1-4-31(16-9-6-10-17-31)35-30(41)33-23(20-11-7-5-8-12-20)29(40)36-18-15-22(19(2)3)24(36)27(39)34-28(25(37)26(32)38)42-21-13-14-21/h19-24,28H,4-18H2,1-3H3,(H2,32,38)(H,34,39)(H2,33,35,41). The SMILES string of the molecule is CCC1(NC(=O)NC(C(=O)N2CCC(C(C)C)C2C(=O)NC(SC2CC2)C(=O)C(N)=O)C2CCCCC2)CCCCC1. The van der Waals surface area contributed by atoms with Crippen molar-refractivity contribution >= 4 is 41.3 Å². The van der Waals surface area contributed by atoms with E-state index in [1.54, 1.807) is 4.90 Å². The van der Waals surface area contributed by atoms with E-state index in [-0.39, 0.29) is 40.5 Å². The van der Waals surface area contributed by atoms with Crippen LogP contribution in [0, 0.1) is 17.8 Å². The van der Waals surface area contributed by atoms with Crippen molar-refractivity contribution < 1.29 is 24.0 Å². The van der Waals surface area contributed by atoms with E-state index in [9.17, 15) is 24.0 Å². The average molecular weight is 606 g/mol. The summed E-state index contributed by atoms with van der Waals surface area (Å²) in [4.78, 5) is 67.7. The Morgan fingerprint density at radius 3 is 2.12 bits per heavy atom. The van der Waals surface area contributed by atoms with E-state index < -0.39 is 35.1 Å². The highest BCUT2D eigenvalue weighted by atomic mass is 32.2. The Balaban J connectivity index is 1.54. The lowest BCUT2D eigenvalue weighted by Crippen LogP contribution is -2.61. The summed E-state index contributed by atoms with van der Waals surface area (Å²) in [5.41, 5.74) is 5.06. The van der Waals surface area contributed by atoms with Gasteiger partial charge in [0, 0.05) is 17.3 Å². The number of primary amides is 1. The van der Waals surface area contributed by atoms with Crippen LogP contribution in [0.2, 0.25) is 0 Å². The fraction of sp³-hybridized carbons (Fsp3) is 0.839. The summed E-state index contributed by atoms with van der Waals surface area (Å²) in [5.74, 6) is -2.59. The van der Waals surface area contributed by atoms with Crippen molar-refractivity contribution in [2.24, 2.45) is 23.5 Å². The van der Waals surface area contributed by atoms with E-state index in [0.29, 0.717) is 13.0 Å². The van der Waals surface area contributed by atoms with Gasteiger partial charge in [0.1, 0.15) is 17.5 Å². The molecule has 42 heavy (non-hydrogen) atoms. The van der Waals surface area contributed by atoms with Crippen molar-refractivity contribution in [1.82, 2.24) is 20.9 Å². The predicted molar refractivity (Wildman–Crippen MR) is 163 cm³/mol. The van der Waals surface area contributed by atoms with Gasteiger partial charge in [-0.1, -0.05) is 59.3 Å². The third-order valence-corrected chi connectivity index (χ3v) is 11.5. The lowest BCUT2D eigenvalue weighted by Gasteiger charge is -2.39. The van der Waals surface area contributed by atoms with Crippen LogP contribution in [0.25, 0.3) is 0 Å².